The van der Waals surface area contributed by atoms with Crippen LogP contribution in [-0.2, 0) is 0 Å². The van der Waals surface area contributed by atoms with E-state index < -0.39 is 0 Å². The van der Waals surface area contributed by atoms with Gasteiger partial charge in [0.1, 0.15) is 0 Å². The van der Waals surface area contributed by atoms with Crippen LogP contribution in [0.2, 0.25) is 0 Å². The molecule has 5 heteroatoms. The monoisotopic (exact) mass is 824 g/mol. The first-order chi connectivity index (χ1) is 31.2. The average Bonchev–Trinajstić information content (AvgIpc) is 3.31. The third-order valence-electron chi connectivity index (χ3n) is 12.6. The number of anilines is 3. The van der Waals surface area contributed by atoms with Crippen LogP contribution in [-0.4, -0.2) is 21.7 Å². The van der Waals surface area contributed by atoms with Crippen molar-refractivity contribution in [2.75, 3.05) is 4.90 Å². The van der Waals surface area contributed by atoms with Gasteiger partial charge >= 0.3 is 0 Å². The fraction of sp³-hybridized carbons (Fsp3) is 0.102. The molecule has 4 nitrogen and oxygen atoms in total. The van der Waals surface area contributed by atoms with E-state index in [1.807, 2.05) is 18.2 Å². The number of rotatable bonds is 9. The van der Waals surface area contributed by atoms with Crippen molar-refractivity contribution in [3.05, 3.63) is 221 Å². The summed E-state index contributed by atoms with van der Waals surface area (Å²) in [6, 6.07) is 67.2. The summed E-state index contributed by atoms with van der Waals surface area (Å²) in [6.07, 6.45) is 0. The summed E-state index contributed by atoms with van der Waals surface area (Å²) in [6.45, 7) is 13.5. The molecule has 0 fully saturated rings. The molecule has 0 aliphatic carbocycles. The highest BCUT2D eigenvalue weighted by Crippen LogP contribution is 2.40. The molecule has 0 aliphatic rings. The number of benzene rings is 9. The van der Waals surface area contributed by atoms with Crippen LogP contribution >= 0.6 is 0 Å². The Morgan fingerprint density at radius 2 is 0.906 bits per heavy atom. The van der Waals surface area contributed by atoms with Gasteiger partial charge in [-0.05, 0) is 87.0 Å². The third-order valence-corrected chi connectivity index (χ3v) is 12.6. The standard InChI is InChI=1S/C59H49BN4/c1-38-33-40(3)55(41(4)34-38)60(56-42(5)35-39(2)36-43(56)6)53-31-32-54(51-29-16-15-28-50(51)53)64(48-26-17-25-47(37-48)44-19-9-7-10-20-44)59-62-57(46-22-11-8-12-23-46)61-58(63-59)52-30-18-24-45-21-13-14-27-49(45)52/h7-37H,1-6H3. The quantitative estimate of drug-likeness (QED) is 0.136. The number of fused-ring (bicyclic) bond motifs is 2. The summed E-state index contributed by atoms with van der Waals surface area (Å²) in [7, 11) is 0. The van der Waals surface area contributed by atoms with Gasteiger partial charge in [-0.3, -0.25) is 4.90 Å². The van der Waals surface area contributed by atoms with Crippen molar-refractivity contribution in [2.24, 2.45) is 0 Å². The summed E-state index contributed by atoms with van der Waals surface area (Å²) in [5, 5.41) is 4.50. The van der Waals surface area contributed by atoms with Crippen molar-refractivity contribution in [2.45, 2.75) is 41.5 Å². The first-order valence-corrected chi connectivity index (χ1v) is 22.1. The molecule has 1 heterocycles. The van der Waals surface area contributed by atoms with Crippen molar-refractivity contribution in [3.63, 3.8) is 0 Å². The van der Waals surface area contributed by atoms with Gasteiger partial charge in [-0.15, -0.1) is 0 Å². The molecule has 0 aliphatic heterocycles. The largest absolute Gasteiger partial charge is 0.278 e. The molecule has 10 rings (SSSR count). The number of aryl methyl sites for hydroxylation is 6. The smallest absolute Gasteiger partial charge is 0.243 e. The van der Waals surface area contributed by atoms with Crippen LogP contribution in [0.3, 0.4) is 0 Å². The van der Waals surface area contributed by atoms with Gasteiger partial charge < -0.3 is 0 Å². The lowest BCUT2D eigenvalue weighted by atomic mass is 9.33. The number of nitrogens with zero attached hydrogens (tertiary/aromatic N) is 4. The SMILES string of the molecule is Cc1cc(C)c(B(c2c(C)cc(C)cc2C)c2ccc(N(c3cccc(-c4ccccc4)c3)c3nc(-c4ccccc4)nc(-c4cccc5ccccc45)n3)c3ccccc23)c(C)c1. The van der Waals surface area contributed by atoms with Gasteiger partial charge in [0.05, 0.1) is 5.69 Å². The average molecular weight is 825 g/mol. The van der Waals surface area contributed by atoms with E-state index in [0.29, 0.717) is 17.6 Å². The topological polar surface area (TPSA) is 41.9 Å². The normalized spacial score (nSPS) is 11.3. The minimum Gasteiger partial charge on any atom is -0.278 e. The zero-order valence-electron chi connectivity index (χ0n) is 37.3. The maximum absolute atomic E-state index is 5.46. The molecule has 10 aromatic rings. The van der Waals surface area contributed by atoms with Gasteiger partial charge in [-0.2, -0.15) is 9.97 Å². The molecule has 0 amide bonds. The highest BCUT2D eigenvalue weighted by Gasteiger charge is 2.31. The maximum Gasteiger partial charge on any atom is 0.243 e. The Kier molecular flexibility index (Phi) is 10.7. The molecule has 0 atom stereocenters. The second-order valence-electron chi connectivity index (χ2n) is 17.2. The van der Waals surface area contributed by atoms with Gasteiger partial charge in [0.15, 0.2) is 11.6 Å². The third kappa shape index (κ3) is 7.54. The number of aromatic nitrogens is 3. The molecule has 1 aromatic heterocycles. The minimum atomic E-state index is -0.00479. The van der Waals surface area contributed by atoms with Crippen molar-refractivity contribution in [1.82, 2.24) is 15.0 Å². The van der Waals surface area contributed by atoms with Crippen LogP contribution < -0.4 is 21.3 Å². The fourth-order valence-corrected chi connectivity index (χ4v) is 10.0. The lowest BCUT2D eigenvalue weighted by Gasteiger charge is -2.29. The van der Waals surface area contributed by atoms with Crippen molar-refractivity contribution in [1.29, 1.82) is 0 Å². The molecular weight excluding hydrogens is 775 g/mol. The molecule has 0 N–H and O–H groups in total. The van der Waals surface area contributed by atoms with Crippen molar-refractivity contribution < 1.29 is 0 Å². The molecule has 0 unspecified atom stereocenters. The van der Waals surface area contributed by atoms with Gasteiger partial charge in [0, 0.05) is 22.2 Å². The Morgan fingerprint density at radius 1 is 0.391 bits per heavy atom. The van der Waals surface area contributed by atoms with Gasteiger partial charge in [0.2, 0.25) is 12.7 Å². The van der Waals surface area contributed by atoms with Crippen LogP contribution in [0.1, 0.15) is 33.4 Å². The molecule has 0 radical (unpaired) electrons. The molecule has 0 saturated carbocycles. The Balaban J connectivity index is 1.27. The highest BCUT2D eigenvalue weighted by atomic mass is 15.3. The van der Waals surface area contributed by atoms with E-state index in [-0.39, 0.29) is 6.71 Å². The van der Waals surface area contributed by atoms with Crippen LogP contribution in [0.4, 0.5) is 17.3 Å². The van der Waals surface area contributed by atoms with Crippen molar-refractivity contribution >= 4 is 62.0 Å². The van der Waals surface area contributed by atoms with Crippen LogP contribution in [0.5, 0.6) is 0 Å². The molecular formula is C59H49BN4. The predicted octanol–water partition coefficient (Wildman–Crippen LogP) is 13.0. The lowest BCUT2D eigenvalue weighted by Crippen LogP contribution is -2.56. The molecule has 0 bridgehead atoms. The molecule has 64 heavy (non-hydrogen) atoms. The summed E-state index contributed by atoms with van der Waals surface area (Å²) < 4.78 is 0. The van der Waals surface area contributed by atoms with Crippen LogP contribution in [0.25, 0.3) is 55.4 Å². The summed E-state index contributed by atoms with van der Waals surface area (Å²) in [4.78, 5) is 18.3. The summed E-state index contributed by atoms with van der Waals surface area (Å²) in [5.41, 5.74) is 17.8. The van der Waals surface area contributed by atoms with E-state index in [1.54, 1.807) is 0 Å². The lowest BCUT2D eigenvalue weighted by molar-refractivity contribution is 1.03. The summed E-state index contributed by atoms with van der Waals surface area (Å²) in [5.74, 6) is 1.75. The first kappa shape index (κ1) is 40.4. The molecule has 0 saturated heterocycles. The first-order valence-electron chi connectivity index (χ1n) is 22.1. The molecule has 308 valence electrons. The Hall–Kier alpha value is -7.63. The van der Waals surface area contributed by atoms with E-state index >= 15 is 0 Å². The maximum atomic E-state index is 5.46. The van der Waals surface area contributed by atoms with Crippen molar-refractivity contribution in [3.8, 4) is 33.9 Å². The number of hydrogen-bond acceptors (Lipinski definition) is 4. The highest BCUT2D eigenvalue weighted by molar-refractivity contribution is 6.98. The predicted molar refractivity (Wildman–Crippen MR) is 272 cm³/mol. The van der Waals surface area contributed by atoms with Gasteiger partial charge in [0.25, 0.3) is 0 Å². The second kappa shape index (κ2) is 16.9. The van der Waals surface area contributed by atoms with Gasteiger partial charge in [-0.1, -0.05) is 220 Å². The van der Waals surface area contributed by atoms with E-state index in [9.17, 15) is 0 Å². The molecule has 9 aromatic carbocycles. The zero-order chi connectivity index (χ0) is 43.9. The Morgan fingerprint density at radius 3 is 1.56 bits per heavy atom. The minimum absolute atomic E-state index is 0.00479. The second-order valence-corrected chi connectivity index (χ2v) is 17.2. The Bertz CT molecular complexity index is 3250. The van der Waals surface area contributed by atoms with Gasteiger partial charge in [-0.25, -0.2) is 4.98 Å². The molecule has 0 spiro atoms. The van der Waals surface area contributed by atoms with Crippen LogP contribution in [0, 0.1) is 41.5 Å². The fourth-order valence-electron chi connectivity index (χ4n) is 10.0. The van der Waals surface area contributed by atoms with Crippen LogP contribution in [0.15, 0.2) is 188 Å². The van der Waals surface area contributed by atoms with E-state index in [1.165, 1.54) is 55.2 Å². The van der Waals surface area contributed by atoms with E-state index in [0.717, 1.165) is 49.8 Å². The summed E-state index contributed by atoms with van der Waals surface area (Å²) >= 11 is 0. The zero-order valence-corrected chi connectivity index (χ0v) is 37.3. The van der Waals surface area contributed by atoms with E-state index in [4.69, 9.17) is 15.0 Å². The van der Waals surface area contributed by atoms with E-state index in [2.05, 4.69) is 216 Å². The Labute approximate surface area is 377 Å². The number of hydrogen-bond donors (Lipinski definition) is 0.